The number of hydrogen-bond donors (Lipinski definition) is 1. The second-order valence-electron chi connectivity index (χ2n) is 2.83. The van der Waals surface area contributed by atoms with Crippen LogP contribution in [0.4, 0.5) is 8.78 Å². The van der Waals surface area contributed by atoms with Crippen LogP contribution in [0.5, 0.6) is 0 Å². The summed E-state index contributed by atoms with van der Waals surface area (Å²) in [6.07, 6.45) is -0.167. The molecule has 1 N–H and O–H groups in total. The lowest BCUT2D eigenvalue weighted by atomic mass is 9.96. The minimum atomic E-state index is -2.60. The molecular formula is C6H10F2O2S. The van der Waals surface area contributed by atoms with Crippen LogP contribution >= 0.6 is 0 Å². The van der Waals surface area contributed by atoms with Gasteiger partial charge in [0.05, 0.1) is 5.25 Å². The Morgan fingerprint density at radius 2 is 1.82 bits per heavy atom. The standard InChI is InChI=1S/C6H10F2O2S/c7-6(8)3-1-5(2-4-6)11(9)10/h5H,1-4H2,(H,9,10). The average molecular weight is 184 g/mol. The van der Waals surface area contributed by atoms with Gasteiger partial charge in [0.2, 0.25) is 5.92 Å². The SMILES string of the molecule is O=S(O)C1CCC(F)(F)CC1. The van der Waals surface area contributed by atoms with Crippen molar-refractivity contribution in [2.24, 2.45) is 0 Å². The highest BCUT2D eigenvalue weighted by Crippen LogP contribution is 2.34. The van der Waals surface area contributed by atoms with Gasteiger partial charge in [-0.15, -0.1) is 0 Å². The first-order valence-electron chi connectivity index (χ1n) is 3.49. The predicted molar refractivity (Wildman–Crippen MR) is 38.0 cm³/mol. The van der Waals surface area contributed by atoms with Crippen LogP contribution < -0.4 is 0 Å². The molecule has 1 unspecified atom stereocenters. The molecule has 0 aromatic heterocycles. The minimum Gasteiger partial charge on any atom is -0.306 e. The van der Waals surface area contributed by atoms with Crippen molar-refractivity contribution >= 4 is 11.1 Å². The monoisotopic (exact) mass is 184 g/mol. The highest BCUT2D eigenvalue weighted by Gasteiger charge is 2.36. The smallest absolute Gasteiger partial charge is 0.248 e. The van der Waals surface area contributed by atoms with E-state index >= 15 is 0 Å². The summed E-state index contributed by atoms with van der Waals surface area (Å²) in [5.74, 6) is -2.60. The third-order valence-corrected chi connectivity index (χ3v) is 2.99. The third kappa shape index (κ3) is 2.48. The van der Waals surface area contributed by atoms with Crippen molar-refractivity contribution in [3.63, 3.8) is 0 Å². The van der Waals surface area contributed by atoms with E-state index in [1.807, 2.05) is 0 Å². The highest BCUT2D eigenvalue weighted by molar-refractivity contribution is 7.79. The minimum absolute atomic E-state index is 0.163. The molecule has 0 spiro atoms. The first-order chi connectivity index (χ1) is 5.01. The third-order valence-electron chi connectivity index (χ3n) is 1.95. The van der Waals surface area contributed by atoms with Gasteiger partial charge in [-0.1, -0.05) is 0 Å². The van der Waals surface area contributed by atoms with Crippen molar-refractivity contribution in [2.75, 3.05) is 0 Å². The summed E-state index contributed by atoms with van der Waals surface area (Å²) in [5.41, 5.74) is 0. The van der Waals surface area contributed by atoms with Gasteiger partial charge in [-0.05, 0) is 12.8 Å². The molecule has 2 nitrogen and oxygen atoms in total. The molecule has 0 amide bonds. The van der Waals surface area contributed by atoms with Gasteiger partial charge < -0.3 is 4.55 Å². The molecule has 1 aliphatic rings. The molecular weight excluding hydrogens is 174 g/mol. The van der Waals surface area contributed by atoms with E-state index in [9.17, 15) is 13.0 Å². The first-order valence-corrected chi connectivity index (χ1v) is 4.66. The van der Waals surface area contributed by atoms with E-state index in [2.05, 4.69) is 0 Å². The number of halogens is 2. The maximum atomic E-state index is 12.5. The molecule has 1 fully saturated rings. The zero-order valence-corrected chi connectivity index (χ0v) is 6.74. The maximum absolute atomic E-state index is 12.5. The Morgan fingerprint density at radius 1 is 1.36 bits per heavy atom. The van der Waals surface area contributed by atoms with E-state index in [4.69, 9.17) is 4.55 Å². The highest BCUT2D eigenvalue weighted by atomic mass is 32.2. The van der Waals surface area contributed by atoms with Gasteiger partial charge in [0.25, 0.3) is 0 Å². The van der Waals surface area contributed by atoms with E-state index < -0.39 is 22.3 Å². The zero-order valence-electron chi connectivity index (χ0n) is 5.93. The molecule has 0 radical (unpaired) electrons. The topological polar surface area (TPSA) is 37.3 Å². The van der Waals surface area contributed by atoms with Crippen molar-refractivity contribution in [3.8, 4) is 0 Å². The molecule has 66 valence electrons. The zero-order chi connectivity index (χ0) is 8.48. The van der Waals surface area contributed by atoms with Gasteiger partial charge in [-0.3, -0.25) is 0 Å². The summed E-state index contributed by atoms with van der Waals surface area (Å²) in [6, 6.07) is 0. The largest absolute Gasteiger partial charge is 0.306 e. The van der Waals surface area contributed by atoms with E-state index in [0.29, 0.717) is 0 Å². The molecule has 0 aromatic rings. The molecule has 1 aliphatic carbocycles. The van der Waals surface area contributed by atoms with Gasteiger partial charge in [-0.25, -0.2) is 13.0 Å². The Labute approximate surface area is 66.3 Å². The average Bonchev–Trinajstić information content (AvgIpc) is 1.86. The number of hydrogen-bond acceptors (Lipinski definition) is 1. The summed E-state index contributed by atoms with van der Waals surface area (Å²) in [4.78, 5) is 0. The Morgan fingerprint density at radius 3 is 2.18 bits per heavy atom. The van der Waals surface area contributed by atoms with Crippen LogP contribution in [0.2, 0.25) is 0 Å². The van der Waals surface area contributed by atoms with E-state index in [0.717, 1.165) is 0 Å². The maximum Gasteiger partial charge on any atom is 0.248 e. The van der Waals surface area contributed by atoms with Crippen molar-refractivity contribution < 1.29 is 17.5 Å². The predicted octanol–water partition coefficient (Wildman–Crippen LogP) is 1.79. The Balaban J connectivity index is 2.42. The van der Waals surface area contributed by atoms with Crippen LogP contribution in [-0.4, -0.2) is 19.9 Å². The van der Waals surface area contributed by atoms with Crippen molar-refractivity contribution in [3.05, 3.63) is 0 Å². The van der Waals surface area contributed by atoms with Crippen LogP contribution in [0, 0.1) is 0 Å². The second-order valence-corrected chi connectivity index (χ2v) is 4.05. The summed E-state index contributed by atoms with van der Waals surface area (Å²) < 4.78 is 43.9. The quantitative estimate of drug-likeness (QED) is 0.631. The lowest BCUT2D eigenvalue weighted by molar-refractivity contribution is -0.0329. The fraction of sp³-hybridized carbons (Fsp3) is 1.00. The van der Waals surface area contributed by atoms with Gasteiger partial charge in [0.1, 0.15) is 0 Å². The molecule has 11 heavy (non-hydrogen) atoms. The fourth-order valence-corrected chi connectivity index (χ4v) is 1.85. The van der Waals surface area contributed by atoms with Crippen molar-refractivity contribution in [2.45, 2.75) is 36.9 Å². The molecule has 0 aromatic carbocycles. The lowest BCUT2D eigenvalue weighted by Crippen LogP contribution is -2.29. The molecule has 5 heteroatoms. The Bertz CT molecular complexity index is 162. The summed E-state index contributed by atoms with van der Waals surface area (Å²) >= 11 is -1.92. The van der Waals surface area contributed by atoms with Crippen LogP contribution in [-0.2, 0) is 11.1 Å². The van der Waals surface area contributed by atoms with Crippen LogP contribution in [0.25, 0.3) is 0 Å². The van der Waals surface area contributed by atoms with Crippen molar-refractivity contribution in [1.82, 2.24) is 0 Å². The number of rotatable bonds is 1. The normalized spacial score (nSPS) is 28.3. The molecule has 0 aliphatic heterocycles. The summed E-state index contributed by atoms with van der Waals surface area (Å²) in [7, 11) is 0. The first kappa shape index (κ1) is 9.06. The molecule has 1 rings (SSSR count). The van der Waals surface area contributed by atoms with Gasteiger partial charge in [-0.2, -0.15) is 0 Å². The lowest BCUT2D eigenvalue weighted by Gasteiger charge is -2.25. The van der Waals surface area contributed by atoms with Crippen LogP contribution in [0.15, 0.2) is 0 Å². The summed E-state index contributed by atoms with van der Waals surface area (Å²) in [6.45, 7) is 0. The Hall–Kier alpha value is -0.0300. The van der Waals surface area contributed by atoms with Crippen molar-refractivity contribution in [1.29, 1.82) is 0 Å². The molecule has 1 atom stereocenters. The summed E-state index contributed by atoms with van der Waals surface area (Å²) in [5, 5.41) is -0.436. The second kappa shape index (κ2) is 3.15. The molecule has 0 heterocycles. The van der Waals surface area contributed by atoms with E-state index in [1.54, 1.807) is 0 Å². The molecule has 0 saturated heterocycles. The molecule has 1 saturated carbocycles. The fourth-order valence-electron chi connectivity index (χ4n) is 1.22. The number of alkyl halides is 2. The van der Waals surface area contributed by atoms with E-state index in [-0.39, 0.29) is 25.7 Å². The van der Waals surface area contributed by atoms with Gasteiger partial charge in [0, 0.05) is 12.8 Å². The molecule has 0 bridgehead atoms. The van der Waals surface area contributed by atoms with Gasteiger partial charge >= 0.3 is 0 Å². The van der Waals surface area contributed by atoms with Crippen LogP contribution in [0.1, 0.15) is 25.7 Å². The Kier molecular flexibility index (Phi) is 2.59. The van der Waals surface area contributed by atoms with E-state index in [1.165, 1.54) is 0 Å². The van der Waals surface area contributed by atoms with Gasteiger partial charge in [0.15, 0.2) is 11.1 Å². The van der Waals surface area contributed by atoms with Crippen LogP contribution in [0.3, 0.4) is 0 Å².